The maximum Gasteiger partial charge on any atom is 0.336 e. The van der Waals surface area contributed by atoms with Crippen molar-refractivity contribution in [2.45, 2.75) is 12.6 Å². The highest BCUT2D eigenvalue weighted by molar-refractivity contribution is 5.79. The van der Waals surface area contributed by atoms with Gasteiger partial charge >= 0.3 is 12.1 Å². The van der Waals surface area contributed by atoms with Crippen LogP contribution >= 0.6 is 0 Å². The van der Waals surface area contributed by atoms with E-state index >= 15 is 0 Å². The molecule has 0 aromatic heterocycles. The molecule has 5 N–H and O–H groups in total. The molecule has 68 valence electrons. The molecule has 1 unspecified atom stereocenters. The number of hydrogen-bond acceptors (Lipinski definition) is 3. The van der Waals surface area contributed by atoms with E-state index in [4.69, 9.17) is 16.6 Å². The summed E-state index contributed by atoms with van der Waals surface area (Å²) in [5.74, 6) is 0. The summed E-state index contributed by atoms with van der Waals surface area (Å²) in [7, 11) is 0. The number of rotatable bonds is 0. The molecule has 1 heterocycles. The number of carbonyl (C=O) groups excluding carboxylic acids is 2. The Hall–Kier alpha value is -1.50. The fourth-order valence-corrected chi connectivity index (χ4v) is 1.11. The van der Waals surface area contributed by atoms with E-state index in [1.165, 1.54) is 0 Å². The summed E-state index contributed by atoms with van der Waals surface area (Å²) in [5, 5.41) is 10.8. The molecule has 4 amide bonds. The van der Waals surface area contributed by atoms with Crippen molar-refractivity contribution < 1.29 is 14.7 Å². The zero-order chi connectivity index (χ0) is 9.30. The van der Waals surface area contributed by atoms with Gasteiger partial charge in [0.15, 0.2) is 6.23 Å². The molecule has 1 saturated heterocycles. The van der Waals surface area contributed by atoms with Crippen LogP contribution in [-0.4, -0.2) is 40.0 Å². The maximum absolute atomic E-state index is 10.7. The summed E-state index contributed by atoms with van der Waals surface area (Å²) in [6.07, 6.45) is -0.777. The summed E-state index contributed by atoms with van der Waals surface area (Å²) >= 11 is 0. The molecule has 1 aliphatic rings. The van der Waals surface area contributed by atoms with Crippen LogP contribution in [0.2, 0.25) is 0 Å². The highest BCUT2D eigenvalue weighted by atomic mass is 16.3. The van der Waals surface area contributed by atoms with E-state index in [9.17, 15) is 9.59 Å². The van der Waals surface area contributed by atoms with Gasteiger partial charge in [-0.3, -0.25) is 0 Å². The largest absolute Gasteiger partial charge is 0.372 e. The minimum Gasteiger partial charge on any atom is -0.372 e. The van der Waals surface area contributed by atoms with Crippen molar-refractivity contribution in [3.05, 3.63) is 0 Å². The highest BCUT2D eigenvalue weighted by Crippen LogP contribution is 2.14. The SMILES string of the molecule is NC(=O)N1CCC(O)N1C(N)=O. The zero-order valence-corrected chi connectivity index (χ0v) is 6.30. The number of urea groups is 2. The van der Waals surface area contributed by atoms with E-state index in [-0.39, 0.29) is 13.0 Å². The molecule has 7 nitrogen and oxygen atoms in total. The molecular weight excluding hydrogens is 164 g/mol. The molecule has 12 heavy (non-hydrogen) atoms. The first-order chi connectivity index (χ1) is 5.54. The van der Waals surface area contributed by atoms with Gasteiger partial charge in [-0.15, -0.1) is 0 Å². The van der Waals surface area contributed by atoms with Gasteiger partial charge in [0, 0.05) is 13.0 Å². The average Bonchev–Trinajstić information content (AvgIpc) is 2.30. The Kier molecular flexibility index (Phi) is 2.05. The summed E-state index contributed by atoms with van der Waals surface area (Å²) < 4.78 is 0. The second-order valence-corrected chi connectivity index (χ2v) is 2.41. The maximum atomic E-state index is 10.7. The fraction of sp³-hybridized carbons (Fsp3) is 0.600. The Balaban J connectivity index is 2.77. The summed E-state index contributed by atoms with van der Waals surface area (Å²) in [6, 6.07) is -1.69. The van der Waals surface area contributed by atoms with Crippen molar-refractivity contribution in [1.82, 2.24) is 10.0 Å². The van der Waals surface area contributed by atoms with Crippen molar-refractivity contribution in [3.8, 4) is 0 Å². The van der Waals surface area contributed by atoms with Crippen LogP contribution in [0.1, 0.15) is 6.42 Å². The Morgan fingerprint density at radius 2 is 1.92 bits per heavy atom. The molecule has 0 saturated carbocycles. The van der Waals surface area contributed by atoms with Gasteiger partial charge < -0.3 is 16.6 Å². The lowest BCUT2D eigenvalue weighted by molar-refractivity contribution is -0.0164. The molecule has 1 aliphatic heterocycles. The Bertz CT molecular complexity index is 219. The predicted molar refractivity (Wildman–Crippen MR) is 38.3 cm³/mol. The minimum absolute atomic E-state index is 0.208. The molecule has 1 atom stereocenters. The number of hydrazine groups is 1. The number of primary amides is 2. The number of nitrogens with zero attached hydrogens (tertiary/aromatic N) is 2. The molecular formula is C5H10N4O3. The van der Waals surface area contributed by atoms with Crippen LogP contribution in [0.4, 0.5) is 9.59 Å². The lowest BCUT2D eigenvalue weighted by Crippen LogP contribution is -2.52. The molecule has 0 aromatic rings. The predicted octanol–water partition coefficient (Wildman–Crippen LogP) is -1.62. The van der Waals surface area contributed by atoms with Gasteiger partial charge in [0.25, 0.3) is 0 Å². The van der Waals surface area contributed by atoms with Crippen LogP contribution in [0.5, 0.6) is 0 Å². The Morgan fingerprint density at radius 3 is 2.25 bits per heavy atom. The quantitative estimate of drug-likeness (QED) is 0.410. The van der Waals surface area contributed by atoms with Crippen LogP contribution in [0, 0.1) is 0 Å². The molecule has 0 aromatic carbocycles. The fourth-order valence-electron chi connectivity index (χ4n) is 1.11. The Labute approximate surface area is 68.5 Å². The average molecular weight is 174 g/mol. The van der Waals surface area contributed by atoms with Crippen molar-refractivity contribution in [2.75, 3.05) is 6.54 Å². The van der Waals surface area contributed by atoms with E-state index in [0.29, 0.717) is 0 Å². The summed E-state index contributed by atoms with van der Waals surface area (Å²) in [6.45, 7) is 0.208. The van der Waals surface area contributed by atoms with Crippen molar-refractivity contribution in [3.63, 3.8) is 0 Å². The second-order valence-electron chi connectivity index (χ2n) is 2.41. The number of hydrogen-bond donors (Lipinski definition) is 3. The van der Waals surface area contributed by atoms with E-state index in [0.717, 1.165) is 10.0 Å². The van der Waals surface area contributed by atoms with Crippen LogP contribution < -0.4 is 11.5 Å². The van der Waals surface area contributed by atoms with Gasteiger partial charge in [-0.25, -0.2) is 19.6 Å². The van der Waals surface area contributed by atoms with Gasteiger partial charge in [0.05, 0.1) is 0 Å². The van der Waals surface area contributed by atoms with Gasteiger partial charge in [0.2, 0.25) is 0 Å². The lowest BCUT2D eigenvalue weighted by atomic mass is 10.4. The zero-order valence-electron chi connectivity index (χ0n) is 6.30. The number of aliphatic hydroxyl groups excluding tert-OH is 1. The molecule has 0 radical (unpaired) electrons. The molecule has 7 heteroatoms. The third-order valence-electron chi connectivity index (χ3n) is 1.62. The van der Waals surface area contributed by atoms with Crippen LogP contribution in [0.25, 0.3) is 0 Å². The first kappa shape index (κ1) is 8.60. The summed E-state index contributed by atoms with van der Waals surface area (Å²) in [4.78, 5) is 21.3. The first-order valence-corrected chi connectivity index (χ1v) is 3.37. The normalized spacial score (nSPS) is 22.9. The number of aliphatic hydroxyl groups is 1. The molecule has 0 aliphatic carbocycles. The Morgan fingerprint density at radius 1 is 1.33 bits per heavy atom. The van der Waals surface area contributed by atoms with E-state index in [1.807, 2.05) is 0 Å². The first-order valence-electron chi connectivity index (χ1n) is 3.37. The van der Waals surface area contributed by atoms with E-state index in [2.05, 4.69) is 0 Å². The third-order valence-corrected chi connectivity index (χ3v) is 1.62. The van der Waals surface area contributed by atoms with E-state index in [1.54, 1.807) is 0 Å². The summed E-state index contributed by atoms with van der Waals surface area (Å²) in [5.41, 5.74) is 9.81. The van der Waals surface area contributed by atoms with Crippen LogP contribution in [-0.2, 0) is 0 Å². The number of nitrogens with two attached hydrogens (primary N) is 2. The van der Waals surface area contributed by atoms with E-state index < -0.39 is 18.3 Å². The number of amides is 4. The number of carbonyl (C=O) groups is 2. The topological polar surface area (TPSA) is 113 Å². The molecule has 0 bridgehead atoms. The van der Waals surface area contributed by atoms with Gasteiger partial charge in [-0.2, -0.15) is 0 Å². The van der Waals surface area contributed by atoms with Gasteiger partial charge in [0.1, 0.15) is 0 Å². The standard InChI is InChI=1S/C5H10N4O3/c6-4(11)8-2-1-3(10)9(8)5(7)12/h3,10H,1-2H2,(H2,6,11)(H2,7,12). The van der Waals surface area contributed by atoms with Crippen molar-refractivity contribution >= 4 is 12.1 Å². The van der Waals surface area contributed by atoms with Crippen LogP contribution in [0.3, 0.4) is 0 Å². The van der Waals surface area contributed by atoms with Crippen molar-refractivity contribution in [2.24, 2.45) is 11.5 Å². The van der Waals surface area contributed by atoms with Gasteiger partial charge in [-0.1, -0.05) is 0 Å². The smallest absolute Gasteiger partial charge is 0.336 e. The highest BCUT2D eigenvalue weighted by Gasteiger charge is 2.35. The monoisotopic (exact) mass is 174 g/mol. The molecule has 0 spiro atoms. The van der Waals surface area contributed by atoms with Crippen molar-refractivity contribution in [1.29, 1.82) is 0 Å². The second kappa shape index (κ2) is 2.86. The molecule has 1 fully saturated rings. The third kappa shape index (κ3) is 1.26. The van der Waals surface area contributed by atoms with Crippen LogP contribution in [0.15, 0.2) is 0 Å². The minimum atomic E-state index is -1.05. The lowest BCUT2D eigenvalue weighted by Gasteiger charge is -2.26. The van der Waals surface area contributed by atoms with Gasteiger partial charge in [-0.05, 0) is 0 Å². The molecule has 1 rings (SSSR count).